The minimum Gasteiger partial charge on any atom is -0.497 e. The van der Waals surface area contributed by atoms with Gasteiger partial charge in [0.25, 0.3) is 0 Å². The molecular weight excluding hydrogens is 328 g/mol. The van der Waals surface area contributed by atoms with Gasteiger partial charge in [-0.3, -0.25) is 4.79 Å². The maximum absolute atomic E-state index is 11.9. The highest BCUT2D eigenvalue weighted by molar-refractivity contribution is 9.10. The van der Waals surface area contributed by atoms with Gasteiger partial charge in [0.15, 0.2) is 0 Å². The van der Waals surface area contributed by atoms with E-state index in [-0.39, 0.29) is 12.6 Å². The van der Waals surface area contributed by atoms with Crippen molar-refractivity contribution in [3.05, 3.63) is 22.7 Å². The molecule has 1 aromatic rings. The van der Waals surface area contributed by atoms with Gasteiger partial charge in [-0.15, -0.1) is 0 Å². The lowest BCUT2D eigenvalue weighted by atomic mass is 10.2. The van der Waals surface area contributed by atoms with E-state index in [0.29, 0.717) is 11.4 Å². The normalized spacial score (nSPS) is 11.6. The highest BCUT2D eigenvalue weighted by atomic mass is 79.9. The Hall–Kier alpha value is -1.76. The van der Waals surface area contributed by atoms with Gasteiger partial charge in [0.05, 0.1) is 13.0 Å². The number of ether oxygens (including phenoxy) is 1. The number of nitrogens with one attached hydrogen (secondary N) is 1. The van der Waals surface area contributed by atoms with E-state index in [4.69, 9.17) is 9.84 Å². The van der Waals surface area contributed by atoms with Gasteiger partial charge in [-0.25, -0.2) is 4.79 Å². The second kappa shape index (κ2) is 7.14. The third-order valence-corrected chi connectivity index (χ3v) is 3.13. The monoisotopic (exact) mass is 344 g/mol. The average Bonchev–Trinajstić information content (AvgIpc) is 2.37. The zero-order valence-electron chi connectivity index (χ0n) is 11.5. The van der Waals surface area contributed by atoms with Crippen LogP contribution in [0.15, 0.2) is 22.7 Å². The van der Waals surface area contributed by atoms with E-state index in [1.165, 1.54) is 12.0 Å². The number of rotatable bonds is 5. The fraction of sp³-hybridized carbons (Fsp3) is 0.385. The highest BCUT2D eigenvalue weighted by Crippen LogP contribution is 2.24. The smallest absolute Gasteiger partial charge is 0.321 e. The molecule has 1 aromatic carbocycles. The maximum Gasteiger partial charge on any atom is 0.321 e. The van der Waals surface area contributed by atoms with Crippen molar-refractivity contribution in [3.63, 3.8) is 0 Å². The molecule has 20 heavy (non-hydrogen) atoms. The van der Waals surface area contributed by atoms with Crippen LogP contribution in [0.4, 0.5) is 10.5 Å². The van der Waals surface area contributed by atoms with E-state index in [9.17, 15) is 9.59 Å². The van der Waals surface area contributed by atoms with Crippen molar-refractivity contribution >= 4 is 33.6 Å². The van der Waals surface area contributed by atoms with Crippen LogP contribution in [0.1, 0.15) is 6.92 Å². The summed E-state index contributed by atoms with van der Waals surface area (Å²) in [6, 6.07) is 4.80. The number of carboxylic acids is 1. The summed E-state index contributed by atoms with van der Waals surface area (Å²) in [5, 5.41) is 11.5. The topological polar surface area (TPSA) is 78.9 Å². The highest BCUT2D eigenvalue weighted by Gasteiger charge is 2.17. The molecule has 1 unspecified atom stereocenters. The van der Waals surface area contributed by atoms with E-state index < -0.39 is 11.9 Å². The molecule has 0 radical (unpaired) electrons. The lowest BCUT2D eigenvalue weighted by Crippen LogP contribution is -2.36. The first-order chi connectivity index (χ1) is 9.33. The third-order valence-electron chi connectivity index (χ3n) is 2.67. The number of carbonyl (C=O) groups is 2. The number of methoxy groups -OCH3 is 1. The fourth-order valence-electron chi connectivity index (χ4n) is 1.54. The number of urea groups is 1. The molecule has 110 valence electrons. The molecule has 7 heteroatoms. The van der Waals surface area contributed by atoms with Gasteiger partial charge >= 0.3 is 12.0 Å². The van der Waals surface area contributed by atoms with Crippen LogP contribution in [0.3, 0.4) is 0 Å². The second-order valence-electron chi connectivity index (χ2n) is 4.43. The van der Waals surface area contributed by atoms with Crippen LogP contribution >= 0.6 is 15.9 Å². The molecule has 0 aliphatic heterocycles. The molecule has 0 aromatic heterocycles. The van der Waals surface area contributed by atoms with Gasteiger partial charge in [-0.05, 0) is 12.1 Å². The number of carboxylic acid groups (broad SMARTS) is 1. The Balaban J connectivity index is 2.70. The van der Waals surface area contributed by atoms with Crippen LogP contribution < -0.4 is 10.1 Å². The first kappa shape index (κ1) is 16.3. The molecule has 1 atom stereocenters. The van der Waals surface area contributed by atoms with Crippen LogP contribution in [0, 0.1) is 5.92 Å². The first-order valence-electron chi connectivity index (χ1n) is 5.93. The summed E-state index contributed by atoms with van der Waals surface area (Å²) in [5.41, 5.74) is 0.566. The molecule has 2 N–H and O–H groups in total. The number of benzene rings is 1. The number of anilines is 1. The van der Waals surface area contributed by atoms with Crippen molar-refractivity contribution in [1.82, 2.24) is 4.90 Å². The van der Waals surface area contributed by atoms with Gasteiger partial charge in [-0.2, -0.15) is 0 Å². The number of aliphatic carboxylic acids is 1. The molecule has 0 fully saturated rings. The van der Waals surface area contributed by atoms with Crippen molar-refractivity contribution in [2.45, 2.75) is 6.92 Å². The molecule has 0 aliphatic rings. The summed E-state index contributed by atoms with van der Waals surface area (Å²) < 4.78 is 5.87. The number of hydrogen-bond acceptors (Lipinski definition) is 3. The second-order valence-corrected chi connectivity index (χ2v) is 5.35. The van der Waals surface area contributed by atoms with E-state index in [1.54, 1.807) is 32.2 Å². The zero-order valence-corrected chi connectivity index (χ0v) is 13.1. The molecule has 1 rings (SSSR count). The Morgan fingerprint density at radius 2 is 2.10 bits per heavy atom. The van der Waals surface area contributed by atoms with Crippen molar-refractivity contribution in [1.29, 1.82) is 0 Å². The van der Waals surface area contributed by atoms with E-state index in [0.717, 1.165) is 4.47 Å². The molecule has 0 spiro atoms. The number of hydrogen-bond donors (Lipinski definition) is 2. The summed E-state index contributed by atoms with van der Waals surface area (Å²) in [7, 11) is 3.08. The average molecular weight is 345 g/mol. The van der Waals surface area contributed by atoms with Gasteiger partial charge in [0.2, 0.25) is 0 Å². The number of halogens is 1. The quantitative estimate of drug-likeness (QED) is 0.860. The third kappa shape index (κ3) is 4.73. The number of nitrogens with zero attached hydrogens (tertiary/aromatic N) is 1. The standard InChI is InChI=1S/C13H17BrN2O4/c1-8(12(17)18)7-16(2)13(19)15-10-4-9(14)5-11(6-10)20-3/h4-6,8H,7H2,1-3H3,(H,15,19)(H,17,18). The number of amides is 2. The predicted molar refractivity (Wildman–Crippen MR) is 79.1 cm³/mol. The van der Waals surface area contributed by atoms with Gasteiger partial charge in [0, 0.05) is 29.8 Å². The zero-order chi connectivity index (χ0) is 15.3. The lowest BCUT2D eigenvalue weighted by molar-refractivity contribution is -0.141. The summed E-state index contributed by atoms with van der Waals surface area (Å²) in [6.07, 6.45) is 0. The summed E-state index contributed by atoms with van der Waals surface area (Å²) in [6.45, 7) is 1.68. The van der Waals surface area contributed by atoms with Crippen LogP contribution in [-0.4, -0.2) is 42.7 Å². The van der Waals surface area contributed by atoms with Gasteiger partial charge in [0.1, 0.15) is 5.75 Å². The van der Waals surface area contributed by atoms with Crippen molar-refractivity contribution < 1.29 is 19.4 Å². The molecule has 2 amide bonds. The molecule has 0 bridgehead atoms. The van der Waals surface area contributed by atoms with Crippen LogP contribution in [0.2, 0.25) is 0 Å². The van der Waals surface area contributed by atoms with Crippen LogP contribution in [0.5, 0.6) is 5.75 Å². The van der Waals surface area contributed by atoms with Gasteiger partial charge in [-0.1, -0.05) is 22.9 Å². The Bertz CT molecular complexity index is 507. The molecule has 6 nitrogen and oxygen atoms in total. The van der Waals surface area contributed by atoms with Crippen LogP contribution in [-0.2, 0) is 4.79 Å². The fourth-order valence-corrected chi connectivity index (χ4v) is 2.02. The Morgan fingerprint density at radius 3 is 2.65 bits per heavy atom. The van der Waals surface area contributed by atoms with E-state index in [2.05, 4.69) is 21.2 Å². The minimum atomic E-state index is -0.936. The number of carbonyl (C=O) groups excluding carboxylic acids is 1. The minimum absolute atomic E-state index is 0.131. The van der Waals surface area contributed by atoms with Crippen molar-refractivity contribution in [3.8, 4) is 5.75 Å². The molecule has 0 heterocycles. The lowest BCUT2D eigenvalue weighted by Gasteiger charge is -2.20. The van der Waals surface area contributed by atoms with E-state index >= 15 is 0 Å². The predicted octanol–water partition coefficient (Wildman–Crippen LogP) is 2.64. The molecular formula is C13H17BrN2O4. The first-order valence-corrected chi connectivity index (χ1v) is 6.72. The Kier molecular flexibility index (Phi) is 5.82. The largest absolute Gasteiger partial charge is 0.497 e. The molecule has 0 saturated carbocycles. The molecule has 0 aliphatic carbocycles. The summed E-state index contributed by atoms with van der Waals surface area (Å²) >= 11 is 3.32. The van der Waals surface area contributed by atoms with Crippen molar-refractivity contribution in [2.75, 3.05) is 26.0 Å². The maximum atomic E-state index is 11.9. The Morgan fingerprint density at radius 1 is 1.45 bits per heavy atom. The van der Waals surface area contributed by atoms with Crippen LogP contribution in [0.25, 0.3) is 0 Å². The Labute approximate surface area is 125 Å². The van der Waals surface area contributed by atoms with Crippen molar-refractivity contribution in [2.24, 2.45) is 5.92 Å². The SMILES string of the molecule is COc1cc(Br)cc(NC(=O)N(C)CC(C)C(=O)O)c1. The van der Waals surface area contributed by atoms with Gasteiger partial charge < -0.3 is 20.1 Å². The van der Waals surface area contributed by atoms with E-state index in [1.807, 2.05) is 0 Å². The molecule has 0 saturated heterocycles. The summed E-state index contributed by atoms with van der Waals surface area (Å²) in [5.74, 6) is -0.951. The summed E-state index contributed by atoms with van der Waals surface area (Å²) in [4.78, 5) is 24.0.